The molecular weight excluding hydrogens is 724 g/mol. The van der Waals surface area contributed by atoms with E-state index in [2.05, 4.69) is 38.5 Å². The van der Waals surface area contributed by atoms with Gasteiger partial charge in [0.15, 0.2) is 5.82 Å². The highest BCUT2D eigenvalue weighted by molar-refractivity contribution is 7.90. The molecule has 7 rings (SSSR count). The van der Waals surface area contributed by atoms with Gasteiger partial charge in [0.1, 0.15) is 17.6 Å². The van der Waals surface area contributed by atoms with Crippen molar-refractivity contribution in [2.45, 2.75) is 51.4 Å². The van der Waals surface area contributed by atoms with Gasteiger partial charge in [-0.15, -0.1) is 0 Å². The minimum Gasteiger partial charge on any atom is -0.480 e. The Balaban J connectivity index is 1.01. The van der Waals surface area contributed by atoms with Crippen molar-refractivity contribution in [3.05, 3.63) is 77.6 Å². The Morgan fingerprint density at radius 1 is 0.963 bits per heavy atom. The number of benzene rings is 2. The summed E-state index contributed by atoms with van der Waals surface area (Å²) >= 11 is 0. The summed E-state index contributed by atoms with van der Waals surface area (Å²) in [6.45, 7) is 8.38. The predicted octanol–water partition coefficient (Wildman–Crippen LogP) is 5.14. The number of aliphatic carboxylic acids is 1. The first-order chi connectivity index (χ1) is 25.8. The molecule has 16 heteroatoms. The number of nitrogens with one attached hydrogen (secondary N) is 2. The van der Waals surface area contributed by atoms with Crippen LogP contribution in [0.3, 0.4) is 0 Å². The van der Waals surface area contributed by atoms with Crippen LogP contribution in [0.2, 0.25) is 0 Å². The number of piperidine rings is 1. The quantitative estimate of drug-likeness (QED) is 0.177. The molecule has 3 fully saturated rings. The number of carbonyl (C=O) groups excluding carboxylic acids is 1. The van der Waals surface area contributed by atoms with Gasteiger partial charge in [-0.1, -0.05) is 12.1 Å². The van der Waals surface area contributed by atoms with Gasteiger partial charge in [0.2, 0.25) is 5.78 Å². The number of pyridine rings is 1. The fourth-order valence-electron chi connectivity index (χ4n) is 8.12. The Hall–Kier alpha value is -4.51. The van der Waals surface area contributed by atoms with Crippen LogP contribution in [0.5, 0.6) is 0 Å². The van der Waals surface area contributed by atoms with E-state index >= 15 is 8.78 Å². The number of aromatic nitrogens is 2. The minimum atomic E-state index is -4.34. The molecule has 54 heavy (non-hydrogen) atoms. The van der Waals surface area contributed by atoms with E-state index in [1.165, 1.54) is 6.20 Å². The molecule has 3 aliphatic heterocycles. The summed E-state index contributed by atoms with van der Waals surface area (Å²) in [5.41, 5.74) is 1.35. The van der Waals surface area contributed by atoms with Gasteiger partial charge in [-0.3, -0.25) is 24.1 Å². The number of ketones is 1. The normalized spacial score (nSPS) is 22.2. The van der Waals surface area contributed by atoms with E-state index < -0.39 is 51.0 Å². The number of anilines is 2. The summed E-state index contributed by atoms with van der Waals surface area (Å²) in [5.74, 6) is -3.76. The maximum absolute atomic E-state index is 15.7. The summed E-state index contributed by atoms with van der Waals surface area (Å²) in [5, 5.41) is 9.61. The molecule has 3 aliphatic rings. The number of fused-ring (bicyclic) bond motifs is 1. The van der Waals surface area contributed by atoms with E-state index in [-0.39, 0.29) is 43.7 Å². The Morgan fingerprint density at radius 2 is 1.67 bits per heavy atom. The zero-order chi connectivity index (χ0) is 38.3. The zero-order valence-electron chi connectivity index (χ0n) is 30.1. The zero-order valence-corrected chi connectivity index (χ0v) is 31.0. The number of rotatable bonds is 11. The van der Waals surface area contributed by atoms with E-state index in [9.17, 15) is 27.5 Å². The summed E-state index contributed by atoms with van der Waals surface area (Å²) in [7, 11) is -4.34. The van der Waals surface area contributed by atoms with Crippen molar-refractivity contribution in [1.29, 1.82) is 0 Å². The van der Waals surface area contributed by atoms with Gasteiger partial charge in [-0.2, -0.15) is 12.7 Å². The molecule has 0 saturated carbocycles. The topological polar surface area (TPSA) is 142 Å². The van der Waals surface area contributed by atoms with E-state index in [0.717, 1.165) is 73.3 Å². The average Bonchev–Trinajstić information content (AvgIpc) is 3.78. The molecule has 0 spiro atoms. The highest BCUT2D eigenvalue weighted by Gasteiger charge is 2.34. The van der Waals surface area contributed by atoms with Crippen LogP contribution >= 0.6 is 0 Å². The minimum absolute atomic E-state index is 0.00918. The molecule has 2 aromatic heterocycles. The first-order valence-corrected chi connectivity index (χ1v) is 19.7. The smallest absolute Gasteiger partial charge is 0.317 e. The van der Waals surface area contributed by atoms with Gasteiger partial charge in [-0.05, 0) is 74.9 Å². The average molecular weight is 768 g/mol. The Morgan fingerprint density at radius 3 is 2.31 bits per heavy atom. The molecule has 3 saturated heterocycles. The molecule has 0 amide bonds. The van der Waals surface area contributed by atoms with Crippen molar-refractivity contribution in [3.63, 3.8) is 0 Å². The second-order valence-electron chi connectivity index (χ2n) is 14.7. The van der Waals surface area contributed by atoms with Crippen molar-refractivity contribution in [2.24, 2.45) is 5.92 Å². The van der Waals surface area contributed by atoms with E-state index in [1.54, 1.807) is 12.3 Å². The molecule has 4 aromatic rings. The van der Waals surface area contributed by atoms with Crippen LogP contribution in [0.15, 0.2) is 54.9 Å². The number of H-pyrrole nitrogens is 1. The molecule has 3 atom stereocenters. The third-order valence-electron chi connectivity index (χ3n) is 11.0. The third kappa shape index (κ3) is 7.83. The lowest BCUT2D eigenvalue weighted by atomic mass is 9.94. The highest BCUT2D eigenvalue weighted by Crippen LogP contribution is 2.32. The lowest BCUT2D eigenvalue weighted by Gasteiger charge is -2.45. The van der Waals surface area contributed by atoms with Gasteiger partial charge in [0.25, 0.3) is 0 Å². The van der Waals surface area contributed by atoms with Gasteiger partial charge < -0.3 is 15.0 Å². The highest BCUT2D eigenvalue weighted by atomic mass is 32.2. The second kappa shape index (κ2) is 15.3. The summed E-state index contributed by atoms with van der Waals surface area (Å²) in [6, 6.07) is 11.8. The van der Waals surface area contributed by atoms with Crippen molar-refractivity contribution in [2.75, 3.05) is 62.0 Å². The third-order valence-corrected chi connectivity index (χ3v) is 12.4. The SMILES string of the molecule is C[C@@H]1CN(CC2CCN(c3ccc(-c4cnc5[nH]cc(C(=O)c6c(F)ccc(NS(=O)(=O)N7CC[C@@H](F)C7)c6F)c5c4)cc3)CC2)C[C@H](C)N1CC(=O)O. The Labute approximate surface area is 312 Å². The lowest BCUT2D eigenvalue weighted by Crippen LogP contribution is -2.58. The molecule has 5 heterocycles. The monoisotopic (exact) mass is 767 g/mol. The first kappa shape index (κ1) is 37.8. The largest absolute Gasteiger partial charge is 0.480 e. The number of halogens is 3. The van der Waals surface area contributed by atoms with Gasteiger partial charge >= 0.3 is 16.2 Å². The van der Waals surface area contributed by atoms with E-state index in [1.807, 2.05) is 29.0 Å². The summed E-state index contributed by atoms with van der Waals surface area (Å²) < 4.78 is 72.8. The number of alkyl halides is 1. The molecule has 3 N–H and O–H groups in total. The van der Waals surface area contributed by atoms with Crippen molar-refractivity contribution >= 4 is 44.4 Å². The second-order valence-corrected chi connectivity index (χ2v) is 16.4. The van der Waals surface area contributed by atoms with Crippen molar-refractivity contribution in [1.82, 2.24) is 24.1 Å². The molecular formula is C38H44F3N7O5S. The first-order valence-electron chi connectivity index (χ1n) is 18.2. The van der Waals surface area contributed by atoms with Crippen LogP contribution in [0.25, 0.3) is 22.2 Å². The number of carboxylic acids is 1. The number of hydrogen-bond donors (Lipinski definition) is 3. The maximum Gasteiger partial charge on any atom is 0.317 e. The van der Waals surface area contributed by atoms with Gasteiger partial charge in [0, 0.05) is 92.5 Å². The molecule has 288 valence electrons. The standard InChI is InChI=1S/C38H44F3N7O5S/c1-23-18-45(19-24(2)48(23)22-34(49)50)20-25-9-12-46(13-10-25)29-5-3-26(4-6-29)27-15-30-31(17-43-38(30)42-16-27)37(51)35-32(40)7-8-33(36(35)41)44-54(52,53)47-14-11-28(39)21-47/h3-8,15-17,23-25,28,44H,9-14,18-22H2,1-2H3,(H,42,43)(H,49,50)/t23-,24+,28-/m1/s1. The molecule has 0 aliphatic carbocycles. The van der Waals surface area contributed by atoms with Gasteiger partial charge in [0.05, 0.1) is 17.8 Å². The number of aromatic amines is 1. The molecule has 12 nitrogen and oxygen atoms in total. The van der Waals surface area contributed by atoms with Crippen LogP contribution < -0.4 is 9.62 Å². The summed E-state index contributed by atoms with van der Waals surface area (Å²) in [4.78, 5) is 39.2. The number of hydrogen-bond acceptors (Lipinski definition) is 8. The summed E-state index contributed by atoms with van der Waals surface area (Å²) in [6.07, 6.45) is 3.74. The predicted molar refractivity (Wildman–Crippen MR) is 200 cm³/mol. The Bertz CT molecular complexity index is 2130. The van der Waals surface area contributed by atoms with Crippen molar-refractivity contribution in [3.8, 4) is 11.1 Å². The lowest BCUT2D eigenvalue weighted by molar-refractivity contribution is -0.140. The fraction of sp³-hybridized carbons (Fsp3) is 0.447. The van der Waals surface area contributed by atoms with Crippen LogP contribution in [0.4, 0.5) is 24.5 Å². The van der Waals surface area contributed by atoms with Crippen LogP contribution in [0.1, 0.15) is 49.0 Å². The maximum atomic E-state index is 15.7. The fourth-order valence-corrected chi connectivity index (χ4v) is 9.39. The van der Waals surface area contributed by atoms with Crippen LogP contribution in [-0.4, -0.2) is 120 Å². The Kier molecular flexibility index (Phi) is 10.7. The molecule has 0 radical (unpaired) electrons. The number of carbonyl (C=O) groups is 2. The van der Waals surface area contributed by atoms with Crippen LogP contribution in [0, 0.1) is 17.6 Å². The van der Waals surface area contributed by atoms with Gasteiger partial charge in [-0.25, -0.2) is 18.2 Å². The van der Waals surface area contributed by atoms with E-state index in [4.69, 9.17) is 0 Å². The van der Waals surface area contributed by atoms with Crippen molar-refractivity contribution < 1.29 is 36.3 Å². The van der Waals surface area contributed by atoms with Crippen LogP contribution in [-0.2, 0) is 15.0 Å². The number of piperazine rings is 1. The number of carboxylic acid groups (broad SMARTS) is 1. The van der Waals surface area contributed by atoms with E-state index in [0.29, 0.717) is 22.5 Å². The molecule has 0 unspecified atom stereocenters. The molecule has 0 bridgehead atoms. The number of nitrogens with zero attached hydrogens (tertiary/aromatic N) is 5. The molecule has 2 aromatic carbocycles.